The first-order valence-electron chi connectivity index (χ1n) is 18.5. The third kappa shape index (κ3) is 9.05. The van der Waals surface area contributed by atoms with Gasteiger partial charge in [0.05, 0.1) is 11.0 Å². The molecule has 0 radical (unpaired) electrons. The van der Waals surface area contributed by atoms with Crippen molar-refractivity contribution in [1.29, 1.82) is 0 Å². The quantitative estimate of drug-likeness (QED) is 0.0871. The number of anilines is 1. The number of hydrogen-bond acceptors (Lipinski definition) is 8. The minimum atomic E-state index is -0.714. The molecule has 2 aliphatic rings. The molecular formula is C38H47N9O6. The first-order chi connectivity index (χ1) is 25.6. The second-order valence-corrected chi connectivity index (χ2v) is 14.1. The van der Waals surface area contributed by atoms with E-state index in [2.05, 4.69) is 43.1 Å². The third-order valence-electron chi connectivity index (χ3n) is 9.81. The molecular weight excluding hydrogens is 678 g/mol. The second-order valence-electron chi connectivity index (χ2n) is 14.1. The smallest absolute Gasteiger partial charge is 0.407 e. The Balaban J connectivity index is 0.901. The van der Waals surface area contributed by atoms with Crippen LogP contribution in [-0.4, -0.2) is 65.1 Å². The van der Waals surface area contributed by atoms with Gasteiger partial charge in [0.2, 0.25) is 11.8 Å². The highest BCUT2D eigenvalue weighted by atomic mass is 16.6. The van der Waals surface area contributed by atoms with Gasteiger partial charge in [0, 0.05) is 61.9 Å². The molecule has 3 atom stereocenters. The number of carbonyl (C=O) groups excluding carboxylic acids is 4. The van der Waals surface area contributed by atoms with Gasteiger partial charge in [0.1, 0.15) is 17.8 Å². The van der Waals surface area contributed by atoms with Crippen LogP contribution in [0.1, 0.15) is 118 Å². The van der Waals surface area contributed by atoms with Crippen molar-refractivity contribution in [1.82, 2.24) is 39.7 Å². The Morgan fingerprint density at radius 2 is 1.83 bits per heavy atom. The number of nitrogens with one attached hydrogen (secondary N) is 4. The second kappa shape index (κ2) is 16.8. The molecule has 1 saturated carbocycles. The van der Waals surface area contributed by atoms with Crippen LogP contribution in [0.3, 0.4) is 0 Å². The number of H-pyrrole nitrogens is 1. The van der Waals surface area contributed by atoms with Crippen molar-refractivity contribution in [2.75, 3.05) is 5.32 Å². The van der Waals surface area contributed by atoms with Crippen molar-refractivity contribution in [3.05, 3.63) is 64.0 Å². The first-order valence-corrected chi connectivity index (χ1v) is 18.5. The van der Waals surface area contributed by atoms with Crippen LogP contribution < -0.4 is 21.6 Å². The van der Waals surface area contributed by atoms with Crippen LogP contribution in [0, 0.1) is 11.8 Å². The Kier molecular flexibility index (Phi) is 11.8. The maximum atomic E-state index is 13.1. The summed E-state index contributed by atoms with van der Waals surface area (Å²) in [6.45, 7) is 4.41. The zero-order valence-electron chi connectivity index (χ0n) is 30.4. The first kappa shape index (κ1) is 37.1. The van der Waals surface area contributed by atoms with Crippen molar-refractivity contribution in [3.8, 4) is 11.8 Å². The molecule has 280 valence electrons. The zero-order chi connectivity index (χ0) is 37.5. The number of nitrogens with zero attached hydrogens (tertiary/aromatic N) is 5. The summed E-state index contributed by atoms with van der Waals surface area (Å²) in [7, 11) is 1.67. The molecule has 3 aromatic heterocycles. The van der Waals surface area contributed by atoms with E-state index < -0.39 is 18.0 Å². The van der Waals surface area contributed by atoms with Crippen LogP contribution in [-0.2, 0) is 27.9 Å². The highest BCUT2D eigenvalue weighted by molar-refractivity contribution is 6.02. The number of fused-ring (bicyclic) bond motifs is 1. The summed E-state index contributed by atoms with van der Waals surface area (Å²) in [5.41, 5.74) is 3.20. The Bertz CT molecular complexity index is 2090. The highest BCUT2D eigenvalue weighted by Gasteiger charge is 2.32. The monoisotopic (exact) mass is 725 g/mol. The standard InChI is InChI=1S/C38H47N9O6/c1-24(2)40-37(51)53-27-14-13-26(22-27)28-23-33(44-43-28)41-35(49)30-18-19-39-46(30)20-10-8-6-4-5-7-9-11-25-12-15-29-32(21-25)45(3)38(52)47(29)31-16-17-34(48)42-36(31)50/h12,15,18-19,21,23-24,26-27,31H,4-8,10,13-14,16-17,20,22H2,1-3H3,(H,40,51)(H,42,48,50)(H2,41,43,44,49)/t26-,27+,31?/m0/s1. The number of hydrogen-bond donors (Lipinski definition) is 4. The van der Waals surface area contributed by atoms with Gasteiger partial charge < -0.3 is 15.4 Å². The minimum absolute atomic E-state index is 0.0204. The van der Waals surface area contributed by atoms with Gasteiger partial charge in [0.25, 0.3) is 5.91 Å². The van der Waals surface area contributed by atoms with Gasteiger partial charge in [-0.1, -0.05) is 31.1 Å². The van der Waals surface area contributed by atoms with Gasteiger partial charge in [-0.15, -0.1) is 0 Å². The van der Waals surface area contributed by atoms with E-state index in [0.29, 0.717) is 41.9 Å². The van der Waals surface area contributed by atoms with Crippen molar-refractivity contribution >= 4 is 40.7 Å². The summed E-state index contributed by atoms with van der Waals surface area (Å²) in [5.74, 6) is 6.00. The molecule has 1 saturated heterocycles. The van der Waals surface area contributed by atoms with Crippen LogP contribution in [0.2, 0.25) is 0 Å². The lowest BCUT2D eigenvalue weighted by atomic mass is 10.0. The number of piperidine rings is 1. The summed E-state index contributed by atoms with van der Waals surface area (Å²) in [5, 5.41) is 19.6. The number of benzene rings is 1. The summed E-state index contributed by atoms with van der Waals surface area (Å²) >= 11 is 0. The van der Waals surface area contributed by atoms with Crippen molar-refractivity contribution < 1.29 is 23.9 Å². The fourth-order valence-corrected chi connectivity index (χ4v) is 7.09. The summed E-state index contributed by atoms with van der Waals surface area (Å²) in [4.78, 5) is 62.0. The maximum absolute atomic E-state index is 13.1. The molecule has 2 fully saturated rings. The molecule has 1 aliphatic heterocycles. The molecule has 4 heterocycles. The van der Waals surface area contributed by atoms with Crippen LogP contribution in [0.15, 0.2) is 41.3 Å². The van der Waals surface area contributed by atoms with Gasteiger partial charge in [0.15, 0.2) is 5.82 Å². The van der Waals surface area contributed by atoms with Gasteiger partial charge in [-0.25, -0.2) is 9.59 Å². The van der Waals surface area contributed by atoms with E-state index in [4.69, 9.17) is 4.74 Å². The van der Waals surface area contributed by atoms with E-state index in [1.54, 1.807) is 24.0 Å². The van der Waals surface area contributed by atoms with Gasteiger partial charge in [-0.2, -0.15) is 10.2 Å². The van der Waals surface area contributed by atoms with Gasteiger partial charge >= 0.3 is 11.8 Å². The highest BCUT2D eigenvalue weighted by Crippen LogP contribution is 2.36. The Morgan fingerprint density at radius 3 is 2.64 bits per heavy atom. The summed E-state index contributed by atoms with van der Waals surface area (Å²) < 4.78 is 10.2. The van der Waals surface area contributed by atoms with Crippen molar-refractivity contribution in [3.63, 3.8) is 0 Å². The number of ether oxygens (including phenoxy) is 1. The zero-order valence-corrected chi connectivity index (χ0v) is 30.4. The van der Waals surface area contributed by atoms with Crippen LogP contribution in [0.5, 0.6) is 0 Å². The number of amides is 4. The van der Waals surface area contributed by atoms with E-state index in [1.165, 1.54) is 9.13 Å². The van der Waals surface area contributed by atoms with Crippen molar-refractivity contribution in [2.24, 2.45) is 7.05 Å². The van der Waals surface area contributed by atoms with E-state index in [0.717, 1.165) is 62.6 Å². The molecule has 15 heteroatoms. The number of rotatable bonds is 13. The fourth-order valence-electron chi connectivity index (χ4n) is 7.09. The average Bonchev–Trinajstić information content (AvgIpc) is 3.92. The SMILES string of the molecule is CC(C)NC(=O)O[C@@H]1CC[C@H](c2cc(NC(=O)c3ccnn3CCCCCCCC#Cc3ccc4c(c3)n(C)c(=O)n4C3CCC(=O)NC3=O)n[nH]2)C1. The summed E-state index contributed by atoms with van der Waals surface area (Å²) in [6, 6.07) is 8.38. The Morgan fingerprint density at radius 1 is 1.02 bits per heavy atom. The minimum Gasteiger partial charge on any atom is -0.446 e. The van der Waals surface area contributed by atoms with E-state index in [1.807, 2.05) is 38.1 Å². The van der Waals surface area contributed by atoms with Crippen LogP contribution in [0.25, 0.3) is 11.0 Å². The predicted octanol–water partition coefficient (Wildman–Crippen LogP) is 4.65. The molecule has 6 rings (SSSR count). The molecule has 1 unspecified atom stereocenters. The maximum Gasteiger partial charge on any atom is 0.407 e. The fraction of sp³-hybridized carbons (Fsp3) is 0.500. The predicted molar refractivity (Wildman–Crippen MR) is 197 cm³/mol. The molecule has 4 N–H and O–H groups in total. The number of aryl methyl sites for hydroxylation is 2. The summed E-state index contributed by atoms with van der Waals surface area (Å²) in [6.07, 6.45) is 9.59. The average molecular weight is 726 g/mol. The normalized spacial score (nSPS) is 18.5. The van der Waals surface area contributed by atoms with Crippen molar-refractivity contribution in [2.45, 2.75) is 115 Å². The van der Waals surface area contributed by atoms with Gasteiger partial charge in [-0.05, 0) is 76.6 Å². The Hall–Kier alpha value is -5.65. The molecule has 1 aromatic carbocycles. The topological polar surface area (TPSA) is 187 Å². The molecule has 4 amide bonds. The van der Waals surface area contributed by atoms with E-state index >= 15 is 0 Å². The molecule has 15 nitrogen and oxygen atoms in total. The van der Waals surface area contributed by atoms with E-state index in [-0.39, 0.29) is 42.0 Å². The lowest BCUT2D eigenvalue weighted by Gasteiger charge is -2.21. The Labute approximate surface area is 307 Å². The van der Waals surface area contributed by atoms with Crippen LogP contribution in [0.4, 0.5) is 10.6 Å². The molecule has 53 heavy (non-hydrogen) atoms. The number of alkyl carbamates (subject to hydrolysis) is 1. The third-order valence-corrected chi connectivity index (χ3v) is 9.81. The number of unbranched alkanes of at least 4 members (excludes halogenated alkanes) is 5. The van der Waals surface area contributed by atoms with Crippen LogP contribution >= 0.6 is 0 Å². The molecule has 4 aromatic rings. The number of aromatic amines is 1. The lowest BCUT2D eigenvalue weighted by molar-refractivity contribution is -0.135. The largest absolute Gasteiger partial charge is 0.446 e. The number of carbonyl (C=O) groups is 4. The number of imidazole rings is 1. The lowest BCUT2D eigenvalue weighted by Crippen LogP contribution is -2.44. The van der Waals surface area contributed by atoms with E-state index in [9.17, 15) is 24.0 Å². The van der Waals surface area contributed by atoms with Gasteiger partial charge in [-0.3, -0.25) is 38.6 Å². The molecule has 1 aliphatic carbocycles. The number of imide groups is 1. The number of aromatic nitrogens is 6. The molecule has 0 spiro atoms. The molecule has 0 bridgehead atoms.